The molecule has 1 N–H and O–H groups in total. The molecular weight excluding hydrogens is 333 g/mol. The van der Waals surface area contributed by atoms with Crippen molar-refractivity contribution < 1.29 is 18.7 Å². The van der Waals surface area contributed by atoms with Crippen molar-refractivity contribution in [3.63, 3.8) is 0 Å². The number of ether oxygens (including phenoxy) is 2. The predicted molar refractivity (Wildman–Crippen MR) is 98.8 cm³/mol. The minimum Gasteiger partial charge on any atom is -0.497 e. The maximum Gasteiger partial charge on any atom is 0.261 e. The van der Waals surface area contributed by atoms with E-state index in [9.17, 15) is 9.18 Å². The van der Waals surface area contributed by atoms with Gasteiger partial charge in [-0.2, -0.15) is 0 Å². The Bertz CT molecular complexity index is 909. The zero-order valence-corrected chi connectivity index (χ0v) is 14.7. The Kier molecular flexibility index (Phi) is 5.37. The fraction of sp³-hybridized carbons (Fsp3) is 0.190. The van der Waals surface area contributed by atoms with Crippen molar-refractivity contribution in [2.75, 3.05) is 7.11 Å². The number of fused-ring (bicyclic) bond motifs is 1. The lowest BCUT2D eigenvalue weighted by Crippen LogP contribution is -2.35. The Hall–Kier alpha value is -3.08. The summed E-state index contributed by atoms with van der Waals surface area (Å²) in [6.45, 7) is 2.06. The van der Waals surface area contributed by atoms with Gasteiger partial charge in [-0.1, -0.05) is 18.2 Å². The third-order valence-corrected chi connectivity index (χ3v) is 4.07. The summed E-state index contributed by atoms with van der Waals surface area (Å²) in [6, 6.07) is 17.4. The van der Waals surface area contributed by atoms with E-state index in [0.29, 0.717) is 12.3 Å². The van der Waals surface area contributed by atoms with Crippen molar-refractivity contribution in [1.82, 2.24) is 5.32 Å². The van der Waals surface area contributed by atoms with Crippen LogP contribution in [0.15, 0.2) is 60.7 Å². The van der Waals surface area contributed by atoms with Crippen molar-refractivity contribution in [3.8, 4) is 11.5 Å². The first-order valence-electron chi connectivity index (χ1n) is 8.32. The molecule has 0 aliphatic rings. The molecule has 0 unspecified atom stereocenters. The molecule has 134 valence electrons. The lowest BCUT2D eigenvalue weighted by molar-refractivity contribution is -0.127. The molecule has 0 radical (unpaired) electrons. The first-order chi connectivity index (χ1) is 12.5. The Balaban J connectivity index is 1.59. The normalized spacial score (nSPS) is 11.8. The van der Waals surface area contributed by atoms with E-state index in [1.54, 1.807) is 14.0 Å². The van der Waals surface area contributed by atoms with Gasteiger partial charge in [0.05, 0.1) is 7.11 Å². The molecule has 3 aromatic rings. The molecule has 5 heteroatoms. The molecule has 0 saturated heterocycles. The Morgan fingerprint density at radius 2 is 1.65 bits per heavy atom. The molecule has 1 atom stereocenters. The van der Waals surface area contributed by atoms with E-state index >= 15 is 0 Å². The molecule has 0 spiro atoms. The third-order valence-electron chi connectivity index (χ3n) is 4.07. The second-order valence-corrected chi connectivity index (χ2v) is 5.98. The van der Waals surface area contributed by atoms with Crippen molar-refractivity contribution >= 4 is 16.7 Å². The van der Waals surface area contributed by atoms with Gasteiger partial charge in [-0.15, -0.1) is 0 Å². The van der Waals surface area contributed by atoms with Gasteiger partial charge in [0.2, 0.25) is 0 Å². The monoisotopic (exact) mass is 353 g/mol. The molecule has 0 bridgehead atoms. The average Bonchev–Trinajstić information content (AvgIpc) is 2.67. The van der Waals surface area contributed by atoms with Crippen molar-refractivity contribution in [2.45, 2.75) is 19.6 Å². The zero-order chi connectivity index (χ0) is 18.5. The number of hydrogen-bond acceptors (Lipinski definition) is 3. The zero-order valence-electron chi connectivity index (χ0n) is 14.7. The van der Waals surface area contributed by atoms with Crippen LogP contribution in [0, 0.1) is 5.82 Å². The first-order valence-corrected chi connectivity index (χ1v) is 8.32. The van der Waals surface area contributed by atoms with Crippen LogP contribution in [-0.4, -0.2) is 19.1 Å². The number of carbonyl (C=O) groups excluding carboxylic acids is 1. The minimum absolute atomic E-state index is 0.232. The van der Waals surface area contributed by atoms with Gasteiger partial charge in [-0.25, -0.2) is 4.39 Å². The molecule has 3 aromatic carbocycles. The lowest BCUT2D eigenvalue weighted by atomic mass is 10.1. The third kappa shape index (κ3) is 4.30. The van der Waals surface area contributed by atoms with Crippen molar-refractivity contribution in [1.29, 1.82) is 0 Å². The van der Waals surface area contributed by atoms with Gasteiger partial charge in [0.15, 0.2) is 6.10 Å². The summed E-state index contributed by atoms with van der Waals surface area (Å²) in [5, 5.41) is 5.01. The maximum atomic E-state index is 12.9. The number of rotatable bonds is 6. The molecule has 0 aliphatic carbocycles. The number of hydrogen-bond donors (Lipinski definition) is 1. The summed E-state index contributed by atoms with van der Waals surface area (Å²) in [6.07, 6.45) is -0.676. The van der Waals surface area contributed by atoms with Gasteiger partial charge in [0.25, 0.3) is 5.91 Å². The molecule has 0 fully saturated rings. The van der Waals surface area contributed by atoms with Gasteiger partial charge in [0, 0.05) is 6.54 Å². The van der Waals surface area contributed by atoms with Crippen LogP contribution in [0.1, 0.15) is 12.5 Å². The first kappa shape index (κ1) is 17.7. The molecule has 0 heterocycles. The largest absolute Gasteiger partial charge is 0.497 e. The van der Waals surface area contributed by atoms with E-state index in [1.165, 1.54) is 24.3 Å². The van der Waals surface area contributed by atoms with E-state index in [2.05, 4.69) is 5.32 Å². The number of benzene rings is 3. The summed E-state index contributed by atoms with van der Waals surface area (Å²) in [5.41, 5.74) is 0.991. The fourth-order valence-corrected chi connectivity index (χ4v) is 2.61. The summed E-state index contributed by atoms with van der Waals surface area (Å²) in [4.78, 5) is 12.2. The second-order valence-electron chi connectivity index (χ2n) is 5.98. The highest BCUT2D eigenvalue weighted by Gasteiger charge is 2.14. The SMILES string of the molecule is COc1ccc2cc(CNC(=O)[C@H](C)Oc3ccc(F)cc3)ccc2c1. The summed E-state index contributed by atoms with van der Waals surface area (Å²) < 4.78 is 23.6. The van der Waals surface area contributed by atoms with Crippen LogP contribution in [0.3, 0.4) is 0 Å². The van der Waals surface area contributed by atoms with Gasteiger partial charge in [-0.05, 0) is 65.7 Å². The van der Waals surface area contributed by atoms with Crippen molar-refractivity contribution in [2.24, 2.45) is 0 Å². The van der Waals surface area contributed by atoms with Crippen LogP contribution in [0.5, 0.6) is 11.5 Å². The molecule has 0 saturated carbocycles. The number of halogens is 1. The average molecular weight is 353 g/mol. The van der Waals surface area contributed by atoms with Gasteiger partial charge >= 0.3 is 0 Å². The Morgan fingerprint density at radius 1 is 1.00 bits per heavy atom. The highest BCUT2D eigenvalue weighted by atomic mass is 19.1. The molecule has 0 aromatic heterocycles. The summed E-state index contributed by atoms with van der Waals surface area (Å²) in [7, 11) is 1.64. The number of nitrogens with one attached hydrogen (secondary N) is 1. The van der Waals surface area contributed by atoms with E-state index in [0.717, 1.165) is 22.1 Å². The van der Waals surface area contributed by atoms with Gasteiger partial charge < -0.3 is 14.8 Å². The molecule has 0 aliphatic heterocycles. The second kappa shape index (κ2) is 7.87. The molecule has 3 rings (SSSR count). The van der Waals surface area contributed by atoms with Crippen LogP contribution in [0.25, 0.3) is 10.8 Å². The van der Waals surface area contributed by atoms with Crippen LogP contribution in [0.4, 0.5) is 4.39 Å². The maximum absolute atomic E-state index is 12.9. The smallest absolute Gasteiger partial charge is 0.261 e. The van der Waals surface area contributed by atoms with E-state index in [-0.39, 0.29) is 11.7 Å². The van der Waals surface area contributed by atoms with Crippen LogP contribution < -0.4 is 14.8 Å². The van der Waals surface area contributed by atoms with Gasteiger partial charge in [0.1, 0.15) is 17.3 Å². The van der Waals surface area contributed by atoms with E-state index in [1.807, 2.05) is 36.4 Å². The van der Waals surface area contributed by atoms with Crippen LogP contribution >= 0.6 is 0 Å². The van der Waals surface area contributed by atoms with Crippen LogP contribution in [0.2, 0.25) is 0 Å². The Labute approximate surface area is 151 Å². The predicted octanol–water partition coefficient (Wildman–Crippen LogP) is 4.07. The molecule has 26 heavy (non-hydrogen) atoms. The van der Waals surface area contributed by atoms with E-state index < -0.39 is 6.10 Å². The van der Waals surface area contributed by atoms with Crippen LogP contribution in [-0.2, 0) is 11.3 Å². The number of carbonyl (C=O) groups is 1. The highest BCUT2D eigenvalue weighted by Crippen LogP contribution is 2.22. The lowest BCUT2D eigenvalue weighted by Gasteiger charge is -2.15. The molecular formula is C21H20FNO3. The standard InChI is InChI=1S/C21H20FNO3/c1-14(26-19-9-6-18(22)7-10-19)21(24)23-13-15-3-4-17-12-20(25-2)8-5-16(17)11-15/h3-12,14H,13H2,1-2H3,(H,23,24)/t14-/m0/s1. The summed E-state index contributed by atoms with van der Waals surface area (Å²) in [5.74, 6) is 0.687. The summed E-state index contributed by atoms with van der Waals surface area (Å²) >= 11 is 0. The fourth-order valence-electron chi connectivity index (χ4n) is 2.61. The number of methoxy groups -OCH3 is 1. The minimum atomic E-state index is -0.676. The highest BCUT2D eigenvalue weighted by molar-refractivity contribution is 5.85. The van der Waals surface area contributed by atoms with E-state index in [4.69, 9.17) is 9.47 Å². The molecule has 1 amide bonds. The van der Waals surface area contributed by atoms with Gasteiger partial charge in [-0.3, -0.25) is 4.79 Å². The quantitative estimate of drug-likeness (QED) is 0.727. The Morgan fingerprint density at radius 3 is 2.38 bits per heavy atom. The van der Waals surface area contributed by atoms with Crippen molar-refractivity contribution in [3.05, 3.63) is 72.0 Å². The number of amides is 1. The topological polar surface area (TPSA) is 47.6 Å². The molecule has 4 nitrogen and oxygen atoms in total.